The topological polar surface area (TPSA) is 61.0 Å². The molecule has 0 bridgehead atoms. The highest BCUT2D eigenvalue weighted by Crippen LogP contribution is 2.29. The fraction of sp³-hybridized carbons (Fsp3) is 0.333. The largest absolute Gasteiger partial charge is 0.416 e. The number of halogens is 3. The molecule has 1 aliphatic rings. The van der Waals surface area contributed by atoms with Crippen LogP contribution >= 0.6 is 0 Å². The minimum Gasteiger partial charge on any atom is -0.305 e. The van der Waals surface area contributed by atoms with Crippen molar-refractivity contribution in [1.82, 2.24) is 15.1 Å². The van der Waals surface area contributed by atoms with Gasteiger partial charge in [0.2, 0.25) is 0 Å². The third-order valence-electron chi connectivity index (χ3n) is 3.83. The molecule has 0 atom stereocenters. The van der Waals surface area contributed by atoms with Crippen LogP contribution in [0.3, 0.4) is 0 Å². The molecule has 0 unspecified atom stereocenters. The van der Waals surface area contributed by atoms with Gasteiger partial charge in [0.1, 0.15) is 0 Å². The monoisotopic (exact) mass is 324 g/mol. The van der Waals surface area contributed by atoms with E-state index in [4.69, 9.17) is 0 Å². The molecule has 2 aromatic rings. The number of aromatic nitrogens is 2. The van der Waals surface area contributed by atoms with E-state index in [1.807, 2.05) is 7.05 Å². The van der Waals surface area contributed by atoms with Crippen LogP contribution in [0.1, 0.15) is 27.2 Å². The number of nitrogens with zero attached hydrogens (tertiary/aromatic N) is 2. The maximum Gasteiger partial charge on any atom is 0.416 e. The van der Waals surface area contributed by atoms with E-state index in [0.717, 1.165) is 55.0 Å². The number of anilines is 1. The zero-order chi connectivity index (χ0) is 16.6. The molecule has 0 fully saturated rings. The summed E-state index contributed by atoms with van der Waals surface area (Å²) in [7, 11) is 1.99. The molecular formula is C15H15F3N4O. The lowest BCUT2D eigenvalue weighted by molar-refractivity contribution is -0.137. The van der Waals surface area contributed by atoms with E-state index < -0.39 is 17.6 Å². The summed E-state index contributed by atoms with van der Waals surface area (Å²) >= 11 is 0. The molecule has 2 N–H and O–H groups in total. The molecule has 2 heterocycles. The number of H-pyrrole nitrogens is 1. The van der Waals surface area contributed by atoms with Crippen molar-refractivity contribution < 1.29 is 18.0 Å². The van der Waals surface area contributed by atoms with Crippen LogP contribution in [0.4, 0.5) is 19.0 Å². The van der Waals surface area contributed by atoms with Crippen LogP contribution in [0.25, 0.3) is 0 Å². The molecule has 0 radical (unpaired) electrons. The predicted molar refractivity (Wildman–Crippen MR) is 78.0 cm³/mol. The minimum absolute atomic E-state index is 0.155. The number of rotatable bonds is 2. The first-order valence-corrected chi connectivity index (χ1v) is 7.08. The van der Waals surface area contributed by atoms with E-state index in [2.05, 4.69) is 20.4 Å². The van der Waals surface area contributed by atoms with Crippen molar-refractivity contribution in [2.24, 2.45) is 0 Å². The van der Waals surface area contributed by atoms with E-state index >= 15 is 0 Å². The third kappa shape index (κ3) is 3.21. The zero-order valence-corrected chi connectivity index (χ0v) is 12.4. The van der Waals surface area contributed by atoms with Crippen molar-refractivity contribution in [1.29, 1.82) is 0 Å². The van der Waals surface area contributed by atoms with Crippen LogP contribution < -0.4 is 5.32 Å². The normalized spacial score (nSPS) is 15.3. The molecule has 1 aromatic heterocycles. The molecule has 0 aliphatic carbocycles. The lowest BCUT2D eigenvalue weighted by atomic mass is 10.1. The number of carbonyl (C=O) groups excluding carboxylic acids is 1. The summed E-state index contributed by atoms with van der Waals surface area (Å²) in [4.78, 5) is 14.3. The highest BCUT2D eigenvalue weighted by Gasteiger charge is 2.30. The van der Waals surface area contributed by atoms with Crippen LogP contribution in [0, 0.1) is 0 Å². The Morgan fingerprint density at radius 2 is 2.00 bits per heavy atom. The molecule has 8 heteroatoms. The van der Waals surface area contributed by atoms with E-state index in [1.165, 1.54) is 0 Å². The smallest absolute Gasteiger partial charge is 0.305 e. The number of alkyl halides is 3. The number of nitrogens with one attached hydrogen (secondary N) is 2. The predicted octanol–water partition coefficient (Wildman–Crippen LogP) is 2.67. The quantitative estimate of drug-likeness (QED) is 0.893. The summed E-state index contributed by atoms with van der Waals surface area (Å²) < 4.78 is 37.6. The second-order valence-electron chi connectivity index (χ2n) is 5.55. The van der Waals surface area contributed by atoms with Gasteiger partial charge in [0.05, 0.1) is 11.3 Å². The van der Waals surface area contributed by atoms with Gasteiger partial charge in [0.25, 0.3) is 5.91 Å². The first-order valence-electron chi connectivity index (χ1n) is 7.08. The lowest BCUT2D eigenvalue weighted by Gasteiger charge is -2.21. The van der Waals surface area contributed by atoms with Crippen molar-refractivity contribution >= 4 is 11.7 Å². The lowest BCUT2D eigenvalue weighted by Crippen LogP contribution is -2.26. The fourth-order valence-corrected chi connectivity index (χ4v) is 2.55. The summed E-state index contributed by atoms with van der Waals surface area (Å²) in [6, 6.07) is 4.10. The first-order chi connectivity index (χ1) is 10.8. The summed E-state index contributed by atoms with van der Waals surface area (Å²) in [6.07, 6.45) is -3.66. The Hall–Kier alpha value is -2.35. The maximum absolute atomic E-state index is 12.5. The van der Waals surface area contributed by atoms with Crippen LogP contribution in [-0.4, -0.2) is 34.6 Å². The van der Waals surface area contributed by atoms with E-state index in [0.29, 0.717) is 5.82 Å². The first kappa shape index (κ1) is 15.5. The standard InChI is InChI=1S/C15H15F3N4O/c1-22-7-6-11-12(8-22)20-21-13(11)19-14(23)9-2-4-10(5-3-9)15(16,17)18/h2-5H,6-8H2,1H3,(H2,19,20,21,23). The minimum atomic E-state index is -4.41. The Bertz CT molecular complexity index is 721. The third-order valence-corrected chi connectivity index (χ3v) is 3.83. The van der Waals surface area contributed by atoms with Crippen molar-refractivity contribution in [3.8, 4) is 0 Å². The molecule has 0 spiro atoms. The number of hydrogen-bond acceptors (Lipinski definition) is 3. The van der Waals surface area contributed by atoms with Gasteiger partial charge in [-0.1, -0.05) is 0 Å². The van der Waals surface area contributed by atoms with Crippen molar-refractivity contribution in [2.45, 2.75) is 19.1 Å². The zero-order valence-electron chi connectivity index (χ0n) is 12.4. The Kier molecular flexibility index (Phi) is 3.85. The average molecular weight is 324 g/mol. The van der Waals surface area contributed by atoms with Crippen molar-refractivity contribution in [3.63, 3.8) is 0 Å². The van der Waals surface area contributed by atoms with E-state index in [-0.39, 0.29) is 5.56 Å². The molecule has 122 valence electrons. The Labute approximate surface area is 130 Å². The van der Waals surface area contributed by atoms with Gasteiger partial charge in [-0.05, 0) is 37.7 Å². The molecule has 23 heavy (non-hydrogen) atoms. The maximum atomic E-state index is 12.5. The Morgan fingerprint density at radius 3 is 2.65 bits per heavy atom. The van der Waals surface area contributed by atoms with Gasteiger partial charge in [-0.25, -0.2) is 0 Å². The Balaban J connectivity index is 1.75. The molecule has 0 saturated heterocycles. The van der Waals surface area contributed by atoms with Crippen molar-refractivity contribution in [2.75, 3.05) is 18.9 Å². The molecule has 3 rings (SSSR count). The number of fused-ring (bicyclic) bond motifs is 1. The van der Waals surface area contributed by atoms with Gasteiger partial charge >= 0.3 is 6.18 Å². The number of hydrogen-bond donors (Lipinski definition) is 2. The van der Waals surface area contributed by atoms with Crippen LogP contribution in [0.5, 0.6) is 0 Å². The van der Waals surface area contributed by atoms with Crippen LogP contribution in [0.15, 0.2) is 24.3 Å². The number of likely N-dealkylation sites (N-methyl/N-ethyl adjacent to an activating group) is 1. The average Bonchev–Trinajstić information content (AvgIpc) is 2.88. The van der Waals surface area contributed by atoms with E-state index in [1.54, 1.807) is 0 Å². The number of carbonyl (C=O) groups is 1. The van der Waals surface area contributed by atoms with Gasteiger partial charge in [-0.3, -0.25) is 9.89 Å². The molecule has 0 saturated carbocycles. The number of amides is 1. The van der Waals surface area contributed by atoms with Gasteiger partial charge in [-0.15, -0.1) is 0 Å². The van der Waals surface area contributed by atoms with Crippen molar-refractivity contribution in [3.05, 3.63) is 46.6 Å². The molecule has 1 aliphatic heterocycles. The molecule has 1 aromatic carbocycles. The second-order valence-corrected chi connectivity index (χ2v) is 5.55. The SMILES string of the molecule is CN1CCc2c(NC(=O)c3ccc(C(F)(F)F)cc3)n[nH]c2C1. The highest BCUT2D eigenvalue weighted by molar-refractivity contribution is 6.04. The molecular weight excluding hydrogens is 309 g/mol. The van der Waals surface area contributed by atoms with Gasteiger partial charge in [0, 0.05) is 24.2 Å². The van der Waals surface area contributed by atoms with E-state index in [9.17, 15) is 18.0 Å². The molecule has 5 nitrogen and oxygen atoms in total. The molecule has 1 amide bonds. The fourth-order valence-electron chi connectivity index (χ4n) is 2.55. The summed E-state index contributed by atoms with van der Waals surface area (Å²) in [6.45, 7) is 1.58. The van der Waals surface area contributed by atoms with Crippen LogP contribution in [0.2, 0.25) is 0 Å². The summed E-state index contributed by atoms with van der Waals surface area (Å²) in [5.74, 6) is -0.0371. The number of benzene rings is 1. The van der Waals surface area contributed by atoms with Crippen LogP contribution in [-0.2, 0) is 19.1 Å². The summed E-state index contributed by atoms with van der Waals surface area (Å²) in [5.41, 5.74) is 1.27. The summed E-state index contributed by atoms with van der Waals surface area (Å²) in [5, 5.41) is 9.64. The van der Waals surface area contributed by atoms with Gasteiger partial charge in [-0.2, -0.15) is 18.3 Å². The highest BCUT2D eigenvalue weighted by atomic mass is 19.4. The van der Waals surface area contributed by atoms with Gasteiger partial charge < -0.3 is 10.2 Å². The Morgan fingerprint density at radius 1 is 1.30 bits per heavy atom. The second kappa shape index (κ2) is 5.69. The number of aromatic amines is 1. The van der Waals surface area contributed by atoms with Gasteiger partial charge in [0.15, 0.2) is 5.82 Å².